The van der Waals surface area contributed by atoms with Crippen molar-refractivity contribution in [2.75, 3.05) is 0 Å². The highest BCUT2D eigenvalue weighted by Gasteiger charge is 2.21. The van der Waals surface area contributed by atoms with E-state index in [1.54, 1.807) is 0 Å². The van der Waals surface area contributed by atoms with Gasteiger partial charge in [-0.2, -0.15) is 0 Å². The van der Waals surface area contributed by atoms with Gasteiger partial charge in [-0.05, 0) is 91.6 Å². The highest BCUT2D eigenvalue weighted by Crippen LogP contribution is 2.45. The molecule has 44 heavy (non-hydrogen) atoms. The summed E-state index contributed by atoms with van der Waals surface area (Å²) >= 11 is 0. The van der Waals surface area contributed by atoms with Gasteiger partial charge in [-0.15, -0.1) is 0 Å². The molecule has 2 aromatic heterocycles. The first-order valence-electron chi connectivity index (χ1n) is 15.3. The van der Waals surface area contributed by atoms with Crippen molar-refractivity contribution >= 4 is 86.7 Å². The molecule has 0 saturated carbocycles. The molecule has 11 rings (SSSR count). The summed E-state index contributed by atoms with van der Waals surface area (Å²) in [6, 6.07) is 53.8. The Balaban J connectivity index is 1.19. The molecular formula is C42H24N2. The molecule has 0 saturated heterocycles. The Bertz CT molecular complexity index is 2540. The number of rotatable bonds is 2. The second-order valence-electron chi connectivity index (χ2n) is 12.1. The fourth-order valence-corrected chi connectivity index (χ4v) is 8.33. The largest absolute Gasteiger partial charge is 0.309 e. The van der Waals surface area contributed by atoms with Crippen molar-refractivity contribution in [2.24, 2.45) is 0 Å². The van der Waals surface area contributed by atoms with E-state index in [2.05, 4.69) is 155 Å². The zero-order valence-corrected chi connectivity index (χ0v) is 23.8. The van der Waals surface area contributed by atoms with Crippen molar-refractivity contribution in [3.05, 3.63) is 146 Å². The fourth-order valence-electron chi connectivity index (χ4n) is 8.33. The van der Waals surface area contributed by atoms with Gasteiger partial charge in [0.05, 0.1) is 22.1 Å². The smallest absolute Gasteiger partial charge is 0.0547 e. The van der Waals surface area contributed by atoms with Crippen LogP contribution < -0.4 is 0 Å². The van der Waals surface area contributed by atoms with Crippen molar-refractivity contribution in [2.45, 2.75) is 0 Å². The maximum absolute atomic E-state index is 2.44. The first-order valence-corrected chi connectivity index (χ1v) is 15.3. The van der Waals surface area contributed by atoms with Gasteiger partial charge in [0.1, 0.15) is 0 Å². The van der Waals surface area contributed by atoms with E-state index >= 15 is 0 Å². The molecule has 9 aromatic carbocycles. The Morgan fingerprint density at radius 3 is 0.750 bits per heavy atom. The lowest BCUT2D eigenvalue weighted by atomic mass is 9.95. The minimum absolute atomic E-state index is 1.17. The third-order valence-corrected chi connectivity index (χ3v) is 10.0. The van der Waals surface area contributed by atoms with Gasteiger partial charge in [0.2, 0.25) is 0 Å². The van der Waals surface area contributed by atoms with Gasteiger partial charge in [0, 0.05) is 32.9 Å². The van der Waals surface area contributed by atoms with Crippen molar-refractivity contribution in [1.29, 1.82) is 0 Å². The maximum Gasteiger partial charge on any atom is 0.0547 e. The molecule has 0 aliphatic rings. The van der Waals surface area contributed by atoms with Gasteiger partial charge in [-0.25, -0.2) is 0 Å². The Morgan fingerprint density at radius 1 is 0.227 bits per heavy atom. The monoisotopic (exact) mass is 556 g/mol. The van der Waals surface area contributed by atoms with Gasteiger partial charge in [0.25, 0.3) is 0 Å². The fraction of sp³-hybridized carbons (Fsp3) is 0. The summed E-state index contributed by atoms with van der Waals surface area (Å²) in [5.41, 5.74) is 7.36. The van der Waals surface area contributed by atoms with Crippen LogP contribution in [0, 0.1) is 0 Å². The number of hydrogen-bond acceptors (Lipinski definition) is 0. The zero-order chi connectivity index (χ0) is 28.5. The highest BCUT2D eigenvalue weighted by molar-refractivity contribution is 6.35. The number of hydrogen-bond donors (Lipinski definition) is 0. The lowest BCUT2D eigenvalue weighted by molar-refractivity contribution is 1.15. The average Bonchev–Trinajstić information content (AvgIpc) is 3.62. The second kappa shape index (κ2) is 7.94. The highest BCUT2D eigenvalue weighted by atomic mass is 15.0. The first-order chi connectivity index (χ1) is 21.9. The molecule has 0 aliphatic carbocycles. The molecule has 2 heterocycles. The SMILES string of the molecule is c1ccc2c(c1)c1cccc3c1c1c2cccc1n3-c1ccc(-n2c3cccc4c5ccccc5c5cccc2c5c43)cc1. The van der Waals surface area contributed by atoms with Crippen LogP contribution in [0.2, 0.25) is 0 Å². The van der Waals surface area contributed by atoms with Crippen LogP contribution in [-0.4, -0.2) is 9.13 Å². The van der Waals surface area contributed by atoms with Crippen molar-refractivity contribution < 1.29 is 0 Å². The van der Waals surface area contributed by atoms with E-state index in [1.165, 1.54) is 98.1 Å². The van der Waals surface area contributed by atoms with E-state index in [0.717, 1.165) is 0 Å². The third kappa shape index (κ3) is 2.63. The lowest BCUT2D eigenvalue weighted by Gasteiger charge is -2.11. The molecule has 0 N–H and O–H groups in total. The molecule has 0 aliphatic heterocycles. The summed E-state index contributed by atoms with van der Waals surface area (Å²) in [5, 5.41) is 15.9. The Morgan fingerprint density at radius 2 is 0.477 bits per heavy atom. The molecule has 11 aromatic rings. The van der Waals surface area contributed by atoms with Crippen LogP contribution >= 0.6 is 0 Å². The van der Waals surface area contributed by atoms with E-state index < -0.39 is 0 Å². The number of benzene rings is 9. The topological polar surface area (TPSA) is 9.86 Å². The number of nitrogens with zero attached hydrogens (tertiary/aromatic N) is 2. The van der Waals surface area contributed by atoms with E-state index in [-0.39, 0.29) is 0 Å². The third-order valence-electron chi connectivity index (χ3n) is 10.0. The standard InChI is InChI=1S/C42H24N2/c1-2-10-28-27(9-1)31-13-5-17-35-39(31)40-32(28)14-6-18-36(40)43(35)25-21-23-26(24-22-25)44-37-19-7-15-33-29-11-3-4-12-30(29)34-16-8-20-38(44)42(34)41(33)37/h1-24H. The van der Waals surface area contributed by atoms with E-state index in [4.69, 9.17) is 0 Å². The number of aromatic nitrogens is 2. The molecule has 0 amide bonds. The Labute approximate surface area is 252 Å². The minimum Gasteiger partial charge on any atom is -0.309 e. The normalized spacial score (nSPS) is 12.5. The molecule has 0 atom stereocenters. The van der Waals surface area contributed by atoms with E-state index in [9.17, 15) is 0 Å². The van der Waals surface area contributed by atoms with Crippen molar-refractivity contribution in [3.63, 3.8) is 0 Å². The number of fused-ring (bicyclic) bond motifs is 6. The van der Waals surface area contributed by atoms with Gasteiger partial charge >= 0.3 is 0 Å². The molecule has 0 fully saturated rings. The lowest BCUT2D eigenvalue weighted by Crippen LogP contribution is -1.97. The summed E-state index contributed by atoms with van der Waals surface area (Å²) in [5.74, 6) is 0. The molecule has 0 radical (unpaired) electrons. The predicted octanol–water partition coefficient (Wildman–Crippen LogP) is 11.4. The van der Waals surface area contributed by atoms with Crippen LogP contribution in [-0.2, 0) is 0 Å². The molecular weight excluding hydrogens is 532 g/mol. The van der Waals surface area contributed by atoms with E-state index in [1.807, 2.05) is 0 Å². The van der Waals surface area contributed by atoms with Crippen LogP contribution in [0.5, 0.6) is 0 Å². The molecule has 2 heteroatoms. The summed E-state index contributed by atoms with van der Waals surface area (Å²) < 4.78 is 4.89. The van der Waals surface area contributed by atoms with Crippen LogP contribution in [0.1, 0.15) is 0 Å². The quantitative estimate of drug-likeness (QED) is 0.187. The van der Waals surface area contributed by atoms with Gasteiger partial charge < -0.3 is 9.13 Å². The maximum atomic E-state index is 2.44. The summed E-state index contributed by atoms with van der Waals surface area (Å²) in [6.07, 6.45) is 0. The molecule has 0 bridgehead atoms. The van der Waals surface area contributed by atoms with Crippen LogP contribution in [0.15, 0.2) is 146 Å². The predicted molar refractivity (Wildman–Crippen MR) is 188 cm³/mol. The molecule has 2 nitrogen and oxygen atoms in total. The molecule has 0 unspecified atom stereocenters. The molecule has 202 valence electrons. The first kappa shape index (κ1) is 22.7. The zero-order valence-electron chi connectivity index (χ0n) is 23.8. The second-order valence-corrected chi connectivity index (χ2v) is 12.1. The van der Waals surface area contributed by atoms with Crippen LogP contribution in [0.25, 0.3) is 98.1 Å². The Hall–Kier alpha value is -5.86. The summed E-state index contributed by atoms with van der Waals surface area (Å²) in [6.45, 7) is 0. The summed E-state index contributed by atoms with van der Waals surface area (Å²) in [4.78, 5) is 0. The van der Waals surface area contributed by atoms with Crippen LogP contribution in [0.3, 0.4) is 0 Å². The summed E-state index contributed by atoms with van der Waals surface area (Å²) in [7, 11) is 0. The van der Waals surface area contributed by atoms with Crippen molar-refractivity contribution in [1.82, 2.24) is 9.13 Å². The van der Waals surface area contributed by atoms with Gasteiger partial charge in [-0.1, -0.05) is 97.1 Å². The van der Waals surface area contributed by atoms with Crippen LogP contribution in [0.4, 0.5) is 0 Å². The van der Waals surface area contributed by atoms with Crippen molar-refractivity contribution in [3.8, 4) is 11.4 Å². The Kier molecular flexibility index (Phi) is 4.10. The van der Waals surface area contributed by atoms with Gasteiger partial charge in [0.15, 0.2) is 0 Å². The average molecular weight is 557 g/mol. The molecule has 0 spiro atoms. The van der Waals surface area contributed by atoms with E-state index in [0.29, 0.717) is 0 Å². The van der Waals surface area contributed by atoms with Gasteiger partial charge in [-0.3, -0.25) is 0 Å². The minimum atomic E-state index is 1.17.